The number of hydrogen-bond acceptors (Lipinski definition) is 1. The van der Waals surface area contributed by atoms with Crippen LogP contribution in [0.25, 0.3) is 0 Å². The van der Waals surface area contributed by atoms with E-state index in [0.717, 1.165) is 5.69 Å². The third-order valence-corrected chi connectivity index (χ3v) is 2.19. The Hall–Kier alpha value is -0.930. The lowest BCUT2D eigenvalue weighted by molar-refractivity contribution is 1.14. The summed E-state index contributed by atoms with van der Waals surface area (Å²) in [6, 6.07) is 5.24. The molecule has 3 nitrogen and oxygen atoms in total. The number of hydrogen-bond donors (Lipinski definition) is 2. The van der Waals surface area contributed by atoms with E-state index >= 15 is 0 Å². The van der Waals surface area contributed by atoms with Crippen LogP contribution in [0, 0.1) is 0 Å². The molecule has 2 N–H and O–H groups in total. The van der Waals surface area contributed by atoms with Gasteiger partial charge in [0.15, 0.2) is 5.96 Å². The van der Waals surface area contributed by atoms with E-state index < -0.39 is 0 Å². The van der Waals surface area contributed by atoms with Crippen molar-refractivity contribution in [3.63, 3.8) is 0 Å². The first-order valence-corrected chi connectivity index (χ1v) is 4.79. The largest absolute Gasteiger partial charge is 0.359 e. The van der Waals surface area contributed by atoms with Crippen molar-refractivity contribution < 1.29 is 0 Å². The summed E-state index contributed by atoms with van der Waals surface area (Å²) in [4.78, 5) is 3.97. The molecule has 1 aromatic rings. The molecule has 1 aromatic carbocycles. The molecule has 0 bridgehead atoms. The average Bonchev–Trinajstić information content (AvgIpc) is 2.17. The predicted octanol–water partition coefficient (Wildman–Crippen LogP) is 2.61. The molecule has 76 valence electrons. The maximum Gasteiger partial charge on any atom is 0.195 e. The number of aliphatic imine (C=N–C) groups is 1. The van der Waals surface area contributed by atoms with Gasteiger partial charge in [-0.15, -0.1) is 0 Å². The van der Waals surface area contributed by atoms with E-state index in [4.69, 9.17) is 23.2 Å². The summed E-state index contributed by atoms with van der Waals surface area (Å²) in [5.41, 5.74) is 0.769. The minimum atomic E-state index is 0.564. The fraction of sp³-hybridized carbons (Fsp3) is 0.222. The molecule has 1 rings (SSSR count). The Morgan fingerprint density at radius 3 is 2.57 bits per heavy atom. The number of benzene rings is 1. The van der Waals surface area contributed by atoms with Gasteiger partial charge in [0, 0.05) is 19.1 Å². The van der Waals surface area contributed by atoms with Crippen LogP contribution in [0.5, 0.6) is 0 Å². The van der Waals surface area contributed by atoms with E-state index in [0.29, 0.717) is 16.0 Å². The van der Waals surface area contributed by atoms with E-state index in [1.165, 1.54) is 0 Å². The van der Waals surface area contributed by atoms with Crippen LogP contribution in [0.2, 0.25) is 10.0 Å². The third-order valence-electron chi connectivity index (χ3n) is 1.64. The van der Waals surface area contributed by atoms with Gasteiger partial charge in [-0.2, -0.15) is 0 Å². The first-order valence-electron chi connectivity index (χ1n) is 4.04. The van der Waals surface area contributed by atoms with E-state index in [1.54, 1.807) is 32.3 Å². The van der Waals surface area contributed by atoms with Crippen molar-refractivity contribution in [3.8, 4) is 0 Å². The lowest BCUT2D eigenvalue weighted by Gasteiger charge is -2.09. The third kappa shape index (κ3) is 2.79. The summed E-state index contributed by atoms with van der Waals surface area (Å²) < 4.78 is 0. The molecule has 0 atom stereocenters. The molecule has 0 spiro atoms. The summed E-state index contributed by atoms with van der Waals surface area (Å²) in [5.74, 6) is 0.647. The number of nitrogens with zero attached hydrogens (tertiary/aromatic N) is 1. The second-order valence-electron chi connectivity index (χ2n) is 2.57. The summed E-state index contributed by atoms with van der Waals surface area (Å²) in [6.45, 7) is 0. The van der Waals surface area contributed by atoms with Gasteiger partial charge in [0.1, 0.15) is 0 Å². The second kappa shape index (κ2) is 5.08. The van der Waals surface area contributed by atoms with Gasteiger partial charge in [0.05, 0.1) is 10.7 Å². The number of nitrogens with one attached hydrogen (secondary N) is 2. The van der Waals surface area contributed by atoms with Crippen molar-refractivity contribution in [2.45, 2.75) is 0 Å². The quantitative estimate of drug-likeness (QED) is 0.576. The van der Waals surface area contributed by atoms with Crippen LogP contribution in [-0.4, -0.2) is 20.1 Å². The fourth-order valence-corrected chi connectivity index (χ4v) is 1.40. The molecule has 0 aliphatic rings. The van der Waals surface area contributed by atoms with E-state index in [9.17, 15) is 0 Å². The maximum absolute atomic E-state index is 5.96. The predicted molar refractivity (Wildman–Crippen MR) is 62.5 cm³/mol. The number of anilines is 1. The van der Waals surface area contributed by atoms with Crippen molar-refractivity contribution in [3.05, 3.63) is 28.2 Å². The monoisotopic (exact) mass is 231 g/mol. The topological polar surface area (TPSA) is 36.4 Å². The number of guanidine groups is 1. The lowest BCUT2D eigenvalue weighted by atomic mass is 10.3. The summed E-state index contributed by atoms with van der Waals surface area (Å²) in [5, 5.41) is 7.09. The van der Waals surface area contributed by atoms with Crippen LogP contribution in [0.1, 0.15) is 0 Å². The van der Waals surface area contributed by atoms with Crippen molar-refractivity contribution in [2.75, 3.05) is 19.4 Å². The van der Waals surface area contributed by atoms with Crippen LogP contribution in [0.15, 0.2) is 23.2 Å². The SMILES string of the molecule is CN=C(NC)Nc1ccc(Cl)cc1Cl. The molecule has 0 saturated heterocycles. The van der Waals surface area contributed by atoms with Gasteiger partial charge in [0.25, 0.3) is 0 Å². The first kappa shape index (κ1) is 11.1. The van der Waals surface area contributed by atoms with Crippen LogP contribution in [0.4, 0.5) is 5.69 Å². The lowest BCUT2D eigenvalue weighted by Crippen LogP contribution is -2.26. The van der Waals surface area contributed by atoms with Crippen LogP contribution < -0.4 is 10.6 Å². The van der Waals surface area contributed by atoms with Crippen LogP contribution in [0.3, 0.4) is 0 Å². The molecule has 0 amide bonds. The fourth-order valence-electron chi connectivity index (χ4n) is 0.949. The minimum absolute atomic E-state index is 0.564. The van der Waals surface area contributed by atoms with Gasteiger partial charge >= 0.3 is 0 Å². The molecule has 0 aliphatic heterocycles. The summed E-state index contributed by atoms with van der Waals surface area (Å²) in [7, 11) is 3.46. The van der Waals surface area contributed by atoms with Crippen molar-refractivity contribution >= 4 is 34.8 Å². The first-order chi connectivity index (χ1) is 6.67. The Kier molecular flexibility index (Phi) is 4.04. The van der Waals surface area contributed by atoms with Gasteiger partial charge in [0.2, 0.25) is 0 Å². The molecule has 0 fully saturated rings. The molecular weight excluding hydrogens is 221 g/mol. The summed E-state index contributed by atoms with van der Waals surface area (Å²) >= 11 is 11.7. The molecule has 14 heavy (non-hydrogen) atoms. The highest BCUT2D eigenvalue weighted by atomic mass is 35.5. The Bertz CT molecular complexity index is 350. The molecule has 5 heteroatoms. The summed E-state index contributed by atoms with van der Waals surface area (Å²) in [6.07, 6.45) is 0. The van der Waals surface area contributed by atoms with E-state index in [2.05, 4.69) is 15.6 Å². The van der Waals surface area contributed by atoms with Crippen LogP contribution in [-0.2, 0) is 0 Å². The Balaban J connectivity index is 2.87. The second-order valence-corrected chi connectivity index (χ2v) is 3.42. The number of rotatable bonds is 1. The standard InChI is InChI=1S/C9H11Cl2N3/c1-12-9(13-2)14-8-4-3-6(10)5-7(8)11/h3-5H,1-2H3,(H2,12,13,14). The molecular formula is C9H11Cl2N3. The normalized spacial score (nSPS) is 11.3. The molecule has 0 saturated carbocycles. The Labute approximate surface area is 93.1 Å². The van der Waals surface area contributed by atoms with Gasteiger partial charge in [-0.1, -0.05) is 23.2 Å². The molecule has 0 unspecified atom stereocenters. The van der Waals surface area contributed by atoms with Gasteiger partial charge in [-0.25, -0.2) is 0 Å². The Morgan fingerprint density at radius 2 is 2.07 bits per heavy atom. The highest BCUT2D eigenvalue weighted by Gasteiger charge is 2.02. The zero-order valence-electron chi connectivity index (χ0n) is 7.94. The van der Waals surface area contributed by atoms with Crippen molar-refractivity contribution in [2.24, 2.45) is 4.99 Å². The van der Waals surface area contributed by atoms with Gasteiger partial charge in [-0.05, 0) is 18.2 Å². The average molecular weight is 232 g/mol. The van der Waals surface area contributed by atoms with Gasteiger partial charge < -0.3 is 10.6 Å². The van der Waals surface area contributed by atoms with Crippen molar-refractivity contribution in [1.29, 1.82) is 0 Å². The highest BCUT2D eigenvalue weighted by Crippen LogP contribution is 2.25. The maximum atomic E-state index is 5.96. The van der Waals surface area contributed by atoms with E-state index in [-0.39, 0.29) is 0 Å². The minimum Gasteiger partial charge on any atom is -0.359 e. The molecule has 0 aromatic heterocycles. The van der Waals surface area contributed by atoms with E-state index in [1.807, 2.05) is 0 Å². The molecule has 0 aliphatic carbocycles. The highest BCUT2D eigenvalue weighted by molar-refractivity contribution is 6.36. The zero-order chi connectivity index (χ0) is 10.6. The van der Waals surface area contributed by atoms with Crippen molar-refractivity contribution in [1.82, 2.24) is 5.32 Å². The smallest absolute Gasteiger partial charge is 0.195 e. The number of halogens is 2. The van der Waals surface area contributed by atoms with Crippen LogP contribution >= 0.6 is 23.2 Å². The molecule has 0 heterocycles. The Morgan fingerprint density at radius 1 is 1.36 bits per heavy atom. The molecule has 0 radical (unpaired) electrons. The zero-order valence-corrected chi connectivity index (χ0v) is 9.45. The van der Waals surface area contributed by atoms with Gasteiger partial charge in [-0.3, -0.25) is 4.99 Å².